The van der Waals surface area contributed by atoms with Gasteiger partial charge in [0.15, 0.2) is 0 Å². The van der Waals surface area contributed by atoms with Crippen LogP contribution in [0, 0.1) is 11.8 Å². The SMILES string of the molecule is O=C(Nc1ccc(OCCN2CCCC2)cc1)C1CCC(Cn2cnnn2)CC1. The molecule has 29 heavy (non-hydrogen) atoms. The minimum absolute atomic E-state index is 0.0801. The number of aromatic nitrogens is 4. The molecule has 2 fully saturated rings. The zero-order valence-electron chi connectivity index (χ0n) is 16.9. The number of ether oxygens (including phenoxy) is 1. The van der Waals surface area contributed by atoms with E-state index < -0.39 is 0 Å². The van der Waals surface area contributed by atoms with Crippen molar-refractivity contribution >= 4 is 11.6 Å². The number of anilines is 1. The number of carbonyl (C=O) groups excluding carboxylic acids is 1. The molecule has 2 aliphatic rings. The van der Waals surface area contributed by atoms with E-state index in [0.717, 1.165) is 50.2 Å². The van der Waals surface area contributed by atoms with Crippen molar-refractivity contribution < 1.29 is 9.53 Å². The summed E-state index contributed by atoms with van der Waals surface area (Å²) in [6.45, 7) is 4.90. The first-order chi connectivity index (χ1) is 14.3. The summed E-state index contributed by atoms with van der Waals surface area (Å²) in [6, 6.07) is 7.71. The third-order valence-corrected chi connectivity index (χ3v) is 6.05. The van der Waals surface area contributed by atoms with Crippen LogP contribution in [0.3, 0.4) is 0 Å². The molecule has 2 heterocycles. The molecule has 4 rings (SSSR count). The zero-order chi connectivity index (χ0) is 19.9. The van der Waals surface area contributed by atoms with E-state index in [9.17, 15) is 4.79 Å². The molecule has 0 spiro atoms. The Kier molecular flexibility index (Phi) is 6.71. The number of hydrogen-bond acceptors (Lipinski definition) is 6. The lowest BCUT2D eigenvalue weighted by Gasteiger charge is -2.27. The highest BCUT2D eigenvalue weighted by Gasteiger charge is 2.26. The van der Waals surface area contributed by atoms with Gasteiger partial charge in [0, 0.05) is 24.7 Å². The van der Waals surface area contributed by atoms with E-state index in [1.807, 2.05) is 24.3 Å². The van der Waals surface area contributed by atoms with Crippen LogP contribution in [0.4, 0.5) is 5.69 Å². The summed E-state index contributed by atoms with van der Waals surface area (Å²) in [5, 5.41) is 14.3. The highest BCUT2D eigenvalue weighted by molar-refractivity contribution is 5.92. The molecule has 0 bridgehead atoms. The number of amides is 1. The lowest BCUT2D eigenvalue weighted by atomic mass is 9.81. The first-order valence-electron chi connectivity index (χ1n) is 10.7. The summed E-state index contributed by atoms with van der Waals surface area (Å²) in [4.78, 5) is 15.0. The van der Waals surface area contributed by atoms with E-state index in [2.05, 4.69) is 25.7 Å². The van der Waals surface area contributed by atoms with E-state index in [0.29, 0.717) is 12.5 Å². The van der Waals surface area contributed by atoms with Gasteiger partial charge in [-0.15, -0.1) is 5.10 Å². The molecule has 1 aromatic carbocycles. The van der Waals surface area contributed by atoms with Crippen LogP contribution >= 0.6 is 0 Å². The monoisotopic (exact) mass is 398 g/mol. The number of benzene rings is 1. The number of hydrogen-bond donors (Lipinski definition) is 1. The van der Waals surface area contributed by atoms with Crippen LogP contribution in [-0.4, -0.2) is 57.3 Å². The molecule has 8 heteroatoms. The van der Waals surface area contributed by atoms with E-state index >= 15 is 0 Å². The molecule has 1 aliphatic heterocycles. The van der Waals surface area contributed by atoms with Crippen molar-refractivity contribution in [3.8, 4) is 5.75 Å². The number of rotatable bonds is 8. The highest BCUT2D eigenvalue weighted by Crippen LogP contribution is 2.30. The molecule has 1 saturated heterocycles. The minimum atomic E-state index is 0.0801. The Morgan fingerprint density at radius 3 is 2.55 bits per heavy atom. The minimum Gasteiger partial charge on any atom is -0.492 e. The van der Waals surface area contributed by atoms with Crippen molar-refractivity contribution in [2.24, 2.45) is 11.8 Å². The molecule has 156 valence electrons. The summed E-state index contributed by atoms with van der Waals surface area (Å²) in [5.41, 5.74) is 0.831. The summed E-state index contributed by atoms with van der Waals surface area (Å²) < 4.78 is 7.61. The zero-order valence-corrected chi connectivity index (χ0v) is 16.9. The van der Waals surface area contributed by atoms with Crippen molar-refractivity contribution in [3.05, 3.63) is 30.6 Å². The van der Waals surface area contributed by atoms with E-state index in [1.54, 1.807) is 11.0 Å². The third-order valence-electron chi connectivity index (χ3n) is 6.05. The predicted molar refractivity (Wildman–Crippen MR) is 110 cm³/mol. The fraction of sp³-hybridized carbons (Fsp3) is 0.619. The van der Waals surface area contributed by atoms with Gasteiger partial charge < -0.3 is 10.1 Å². The van der Waals surface area contributed by atoms with Crippen LogP contribution in [0.1, 0.15) is 38.5 Å². The molecule has 1 N–H and O–H groups in total. The maximum atomic E-state index is 12.6. The lowest BCUT2D eigenvalue weighted by molar-refractivity contribution is -0.121. The second kappa shape index (κ2) is 9.82. The quantitative estimate of drug-likeness (QED) is 0.736. The highest BCUT2D eigenvalue weighted by atomic mass is 16.5. The van der Waals surface area contributed by atoms with Crippen LogP contribution in [-0.2, 0) is 11.3 Å². The number of nitrogens with one attached hydrogen (secondary N) is 1. The Bertz CT molecular complexity index is 750. The van der Waals surface area contributed by atoms with Gasteiger partial charge in [0.05, 0.1) is 0 Å². The number of nitrogens with zero attached hydrogens (tertiary/aromatic N) is 5. The van der Waals surface area contributed by atoms with Gasteiger partial charge in [-0.3, -0.25) is 9.69 Å². The average molecular weight is 399 g/mol. The third kappa shape index (κ3) is 5.76. The standard InChI is InChI=1S/C21H30N6O2/c28-21(18-5-3-17(4-6-18)15-27-16-22-24-25-27)23-19-7-9-20(10-8-19)29-14-13-26-11-1-2-12-26/h7-10,16-18H,1-6,11-15H2,(H,23,28). The Balaban J connectivity index is 1.17. The first kappa shape index (κ1) is 19.8. The summed E-state index contributed by atoms with van der Waals surface area (Å²) >= 11 is 0. The van der Waals surface area contributed by atoms with Gasteiger partial charge in [0.2, 0.25) is 5.91 Å². The molecule has 0 unspecified atom stereocenters. The normalized spacial score (nSPS) is 22.5. The molecule has 1 aliphatic carbocycles. The molecule has 2 aromatic rings. The predicted octanol–water partition coefficient (Wildman–Crippen LogP) is 2.59. The van der Waals surface area contributed by atoms with E-state index in [4.69, 9.17) is 4.74 Å². The van der Waals surface area contributed by atoms with Crippen LogP contribution < -0.4 is 10.1 Å². The second-order valence-electron chi connectivity index (χ2n) is 8.16. The molecule has 0 atom stereocenters. The fourth-order valence-corrected chi connectivity index (χ4v) is 4.31. The van der Waals surface area contributed by atoms with Gasteiger partial charge in [0.1, 0.15) is 18.7 Å². The molecule has 8 nitrogen and oxygen atoms in total. The Morgan fingerprint density at radius 2 is 1.86 bits per heavy atom. The van der Waals surface area contributed by atoms with Crippen LogP contribution in [0.5, 0.6) is 5.75 Å². The van der Waals surface area contributed by atoms with Gasteiger partial charge in [-0.25, -0.2) is 4.68 Å². The molecular weight excluding hydrogens is 368 g/mol. The van der Waals surface area contributed by atoms with Crippen molar-refractivity contribution in [2.75, 3.05) is 31.6 Å². The van der Waals surface area contributed by atoms with Gasteiger partial charge in [-0.05, 0) is 92.2 Å². The fourth-order valence-electron chi connectivity index (χ4n) is 4.31. The van der Waals surface area contributed by atoms with E-state index in [1.165, 1.54) is 25.9 Å². The van der Waals surface area contributed by atoms with Gasteiger partial charge in [-0.2, -0.15) is 0 Å². The van der Waals surface area contributed by atoms with Gasteiger partial charge in [-0.1, -0.05) is 0 Å². The van der Waals surface area contributed by atoms with Crippen molar-refractivity contribution in [3.63, 3.8) is 0 Å². The maximum Gasteiger partial charge on any atom is 0.227 e. The molecule has 0 radical (unpaired) electrons. The summed E-state index contributed by atoms with van der Waals surface area (Å²) in [6.07, 6.45) is 8.14. The molecular formula is C21H30N6O2. The van der Waals surface area contributed by atoms with Gasteiger partial charge in [0.25, 0.3) is 0 Å². The van der Waals surface area contributed by atoms with Gasteiger partial charge >= 0.3 is 0 Å². The lowest BCUT2D eigenvalue weighted by Crippen LogP contribution is -2.28. The Hall–Kier alpha value is -2.48. The Labute approximate surface area is 171 Å². The maximum absolute atomic E-state index is 12.6. The number of likely N-dealkylation sites (tertiary alicyclic amines) is 1. The molecule has 1 saturated carbocycles. The largest absolute Gasteiger partial charge is 0.492 e. The average Bonchev–Trinajstić information content (AvgIpc) is 3.44. The molecule has 1 amide bonds. The first-order valence-corrected chi connectivity index (χ1v) is 10.7. The van der Waals surface area contributed by atoms with E-state index in [-0.39, 0.29) is 11.8 Å². The van der Waals surface area contributed by atoms with Crippen molar-refractivity contribution in [2.45, 2.75) is 45.1 Å². The van der Waals surface area contributed by atoms with Crippen LogP contribution in [0.25, 0.3) is 0 Å². The van der Waals surface area contributed by atoms with Crippen LogP contribution in [0.15, 0.2) is 30.6 Å². The summed E-state index contributed by atoms with van der Waals surface area (Å²) in [7, 11) is 0. The van der Waals surface area contributed by atoms with Crippen molar-refractivity contribution in [1.29, 1.82) is 0 Å². The van der Waals surface area contributed by atoms with Crippen LogP contribution in [0.2, 0.25) is 0 Å². The smallest absolute Gasteiger partial charge is 0.227 e. The molecule has 1 aromatic heterocycles. The number of carbonyl (C=O) groups is 1. The second-order valence-corrected chi connectivity index (χ2v) is 8.16. The van der Waals surface area contributed by atoms with Crippen molar-refractivity contribution in [1.82, 2.24) is 25.1 Å². The number of tetrazole rings is 1. The Morgan fingerprint density at radius 1 is 1.10 bits per heavy atom. The topological polar surface area (TPSA) is 85.2 Å². The summed E-state index contributed by atoms with van der Waals surface area (Å²) in [5.74, 6) is 1.59.